The van der Waals surface area contributed by atoms with Gasteiger partial charge in [0.25, 0.3) is 5.91 Å². The van der Waals surface area contributed by atoms with Gasteiger partial charge in [0.15, 0.2) is 5.69 Å². The van der Waals surface area contributed by atoms with Gasteiger partial charge in [-0.3, -0.25) is 10.1 Å². The smallest absolute Gasteiger partial charge is 0.336 e. The Balaban J connectivity index is 1.85. The Hall–Kier alpha value is -3.78. The maximum absolute atomic E-state index is 12.8. The highest BCUT2D eigenvalue weighted by Crippen LogP contribution is 2.40. The van der Waals surface area contributed by atoms with Gasteiger partial charge in [0.1, 0.15) is 5.01 Å². The van der Waals surface area contributed by atoms with Crippen LogP contribution in [0.3, 0.4) is 0 Å². The molecule has 0 radical (unpaired) electrons. The van der Waals surface area contributed by atoms with Crippen LogP contribution in [-0.2, 0) is 0 Å². The lowest BCUT2D eigenvalue weighted by Crippen LogP contribution is -2.13. The molecular formula is C21H15N3O4S. The fraction of sp³-hybridized carbons (Fsp3) is 0.0476. The summed E-state index contributed by atoms with van der Waals surface area (Å²) in [5.74, 6) is -1.40. The molecule has 0 saturated heterocycles. The van der Waals surface area contributed by atoms with E-state index in [1.807, 2.05) is 19.1 Å². The van der Waals surface area contributed by atoms with Gasteiger partial charge < -0.3 is 9.63 Å². The average Bonchev–Trinajstić information content (AvgIpc) is 3.38. The van der Waals surface area contributed by atoms with E-state index in [0.29, 0.717) is 27.4 Å². The number of amides is 1. The van der Waals surface area contributed by atoms with Gasteiger partial charge >= 0.3 is 5.97 Å². The van der Waals surface area contributed by atoms with E-state index in [1.54, 1.807) is 41.9 Å². The van der Waals surface area contributed by atoms with Gasteiger partial charge in [0, 0.05) is 22.7 Å². The summed E-state index contributed by atoms with van der Waals surface area (Å²) in [7, 11) is 0. The molecule has 0 saturated carbocycles. The summed E-state index contributed by atoms with van der Waals surface area (Å²) in [6, 6.07) is 13.6. The van der Waals surface area contributed by atoms with Crippen molar-refractivity contribution >= 4 is 29.1 Å². The number of carboxylic acids is 1. The molecule has 0 aliphatic heterocycles. The number of carbonyl (C=O) groups excluding carboxylic acids is 1. The van der Waals surface area contributed by atoms with Gasteiger partial charge in [-0.2, -0.15) is 0 Å². The zero-order valence-corrected chi connectivity index (χ0v) is 16.1. The van der Waals surface area contributed by atoms with Crippen molar-refractivity contribution in [3.05, 3.63) is 76.8 Å². The largest absolute Gasteiger partial charge is 0.478 e. The fourth-order valence-corrected chi connectivity index (χ4v) is 3.62. The SMILES string of the molecule is Cc1ccccc1C(=O)Nc1onc(-c2nccs2)c1-c1ccccc1C(=O)O. The van der Waals surface area contributed by atoms with Crippen LogP contribution in [0.25, 0.3) is 21.8 Å². The molecule has 0 bridgehead atoms. The van der Waals surface area contributed by atoms with Crippen molar-refractivity contribution in [2.75, 3.05) is 5.32 Å². The summed E-state index contributed by atoms with van der Waals surface area (Å²) in [5.41, 5.74) is 2.48. The topological polar surface area (TPSA) is 105 Å². The lowest BCUT2D eigenvalue weighted by molar-refractivity contribution is 0.0697. The molecule has 0 unspecified atom stereocenters. The minimum atomic E-state index is -1.09. The van der Waals surface area contributed by atoms with Gasteiger partial charge in [-0.1, -0.05) is 41.6 Å². The molecular weight excluding hydrogens is 390 g/mol. The van der Waals surface area contributed by atoms with Crippen molar-refractivity contribution in [1.29, 1.82) is 0 Å². The number of carboxylic acid groups (broad SMARTS) is 1. The Labute approximate surface area is 169 Å². The van der Waals surface area contributed by atoms with E-state index in [-0.39, 0.29) is 17.4 Å². The first-order valence-corrected chi connectivity index (χ1v) is 9.53. The van der Waals surface area contributed by atoms with Crippen LogP contribution in [0.4, 0.5) is 5.88 Å². The lowest BCUT2D eigenvalue weighted by atomic mass is 9.99. The highest BCUT2D eigenvalue weighted by Gasteiger charge is 2.26. The second kappa shape index (κ2) is 7.69. The number of nitrogens with zero attached hydrogens (tertiary/aromatic N) is 2. The quantitative estimate of drug-likeness (QED) is 0.497. The molecule has 8 heteroatoms. The molecule has 2 aromatic carbocycles. The molecule has 29 heavy (non-hydrogen) atoms. The monoisotopic (exact) mass is 405 g/mol. The Kier molecular flexibility index (Phi) is 4.92. The van der Waals surface area contributed by atoms with E-state index >= 15 is 0 Å². The Bertz CT molecular complexity index is 1200. The first kappa shape index (κ1) is 18.6. The third-order valence-electron chi connectivity index (χ3n) is 4.37. The Morgan fingerprint density at radius 3 is 2.48 bits per heavy atom. The average molecular weight is 405 g/mol. The number of aromatic nitrogens is 2. The molecule has 144 valence electrons. The first-order chi connectivity index (χ1) is 14.1. The molecule has 0 aliphatic rings. The number of anilines is 1. The maximum atomic E-state index is 12.8. The van der Waals surface area contributed by atoms with E-state index in [2.05, 4.69) is 15.5 Å². The Morgan fingerprint density at radius 1 is 1.07 bits per heavy atom. The number of nitrogens with one attached hydrogen (secondary N) is 1. The molecule has 2 heterocycles. The summed E-state index contributed by atoms with van der Waals surface area (Å²) in [6.07, 6.45) is 1.62. The van der Waals surface area contributed by atoms with Crippen molar-refractivity contribution in [2.24, 2.45) is 0 Å². The van der Waals surface area contributed by atoms with E-state index in [9.17, 15) is 14.7 Å². The molecule has 4 aromatic rings. The molecule has 1 amide bonds. The summed E-state index contributed by atoms with van der Waals surface area (Å²) in [6.45, 7) is 1.83. The van der Waals surface area contributed by atoms with Crippen LogP contribution in [0, 0.1) is 6.92 Å². The number of aromatic carboxylic acids is 1. The normalized spacial score (nSPS) is 10.7. The van der Waals surface area contributed by atoms with E-state index in [0.717, 1.165) is 5.56 Å². The first-order valence-electron chi connectivity index (χ1n) is 8.65. The third kappa shape index (κ3) is 3.53. The molecule has 0 aliphatic carbocycles. The predicted molar refractivity (Wildman–Crippen MR) is 109 cm³/mol. The van der Waals surface area contributed by atoms with Crippen LogP contribution in [0.15, 0.2) is 64.6 Å². The number of rotatable bonds is 5. The molecule has 2 N–H and O–H groups in total. The van der Waals surface area contributed by atoms with Crippen molar-refractivity contribution in [3.63, 3.8) is 0 Å². The predicted octanol–water partition coefficient (Wildman–Crippen LogP) is 4.72. The van der Waals surface area contributed by atoms with Crippen molar-refractivity contribution in [3.8, 4) is 21.8 Å². The maximum Gasteiger partial charge on any atom is 0.336 e. The van der Waals surface area contributed by atoms with Gasteiger partial charge in [0.05, 0.1) is 11.1 Å². The summed E-state index contributed by atoms with van der Waals surface area (Å²) >= 11 is 1.34. The lowest BCUT2D eigenvalue weighted by Gasteiger charge is -2.09. The third-order valence-corrected chi connectivity index (χ3v) is 5.15. The van der Waals surface area contributed by atoms with Crippen LogP contribution >= 0.6 is 11.3 Å². The van der Waals surface area contributed by atoms with Gasteiger partial charge in [-0.15, -0.1) is 11.3 Å². The second-order valence-corrected chi connectivity index (χ2v) is 7.09. The molecule has 4 rings (SSSR count). The van der Waals surface area contributed by atoms with Crippen molar-refractivity contribution < 1.29 is 19.2 Å². The van der Waals surface area contributed by atoms with Crippen LogP contribution in [0.2, 0.25) is 0 Å². The summed E-state index contributed by atoms with van der Waals surface area (Å²) in [5, 5.41) is 18.8. The molecule has 0 fully saturated rings. The molecule has 7 nitrogen and oxygen atoms in total. The highest BCUT2D eigenvalue weighted by atomic mass is 32.1. The molecule has 0 spiro atoms. The zero-order chi connectivity index (χ0) is 20.4. The fourth-order valence-electron chi connectivity index (χ4n) is 3.00. The van der Waals surface area contributed by atoms with Gasteiger partial charge in [-0.05, 0) is 24.6 Å². The van der Waals surface area contributed by atoms with E-state index < -0.39 is 5.97 Å². The number of hydrogen-bond acceptors (Lipinski definition) is 6. The van der Waals surface area contributed by atoms with Crippen LogP contribution in [0.1, 0.15) is 26.3 Å². The van der Waals surface area contributed by atoms with Gasteiger partial charge in [0.2, 0.25) is 5.88 Å². The highest BCUT2D eigenvalue weighted by molar-refractivity contribution is 7.13. The molecule has 2 aromatic heterocycles. The van der Waals surface area contributed by atoms with Crippen LogP contribution in [0.5, 0.6) is 0 Å². The Morgan fingerprint density at radius 2 is 1.79 bits per heavy atom. The minimum Gasteiger partial charge on any atom is -0.478 e. The minimum absolute atomic E-state index is 0.0668. The van der Waals surface area contributed by atoms with Crippen molar-refractivity contribution in [2.45, 2.75) is 6.92 Å². The van der Waals surface area contributed by atoms with Crippen LogP contribution < -0.4 is 5.32 Å². The second-order valence-electron chi connectivity index (χ2n) is 6.19. The van der Waals surface area contributed by atoms with Crippen molar-refractivity contribution in [1.82, 2.24) is 10.1 Å². The zero-order valence-electron chi connectivity index (χ0n) is 15.2. The van der Waals surface area contributed by atoms with E-state index in [1.165, 1.54) is 17.4 Å². The standard InChI is InChI=1S/C21H15N3O4S/c1-12-6-2-3-7-13(12)18(25)23-19-16(14-8-4-5-9-15(14)21(26)27)17(24-28-19)20-22-10-11-29-20/h2-11H,1H3,(H,23,25)(H,26,27). The van der Waals surface area contributed by atoms with Gasteiger partial charge in [-0.25, -0.2) is 9.78 Å². The number of carbonyl (C=O) groups is 2. The number of hydrogen-bond donors (Lipinski definition) is 2. The van der Waals surface area contributed by atoms with Crippen LogP contribution in [-0.4, -0.2) is 27.1 Å². The van der Waals surface area contributed by atoms with E-state index in [4.69, 9.17) is 4.52 Å². The summed E-state index contributed by atoms with van der Waals surface area (Å²) in [4.78, 5) is 28.8. The summed E-state index contributed by atoms with van der Waals surface area (Å²) < 4.78 is 5.43. The number of benzene rings is 2. The molecule has 0 atom stereocenters. The number of thiazole rings is 1. The number of aryl methyl sites for hydroxylation is 1.